The molecule has 0 atom stereocenters. The van der Waals surface area contributed by atoms with E-state index < -0.39 is 0 Å². The lowest BCUT2D eigenvalue weighted by molar-refractivity contribution is 0.302. The smallest absolute Gasteiger partial charge is 0.159 e. The van der Waals surface area contributed by atoms with E-state index >= 15 is 0 Å². The van der Waals surface area contributed by atoms with Gasteiger partial charge in [-0.25, -0.2) is 9.97 Å². The quantitative estimate of drug-likeness (QED) is 0.140. The molecule has 4 nitrogen and oxygen atoms in total. The zero-order chi connectivity index (χ0) is 25.8. The van der Waals surface area contributed by atoms with Crippen molar-refractivity contribution in [3.05, 3.63) is 36.7 Å². The van der Waals surface area contributed by atoms with Gasteiger partial charge in [-0.05, 0) is 43.0 Å². The minimum atomic E-state index is 0.722. The molecule has 0 aliphatic heterocycles. The lowest BCUT2D eigenvalue weighted by Gasteiger charge is -2.08. The summed E-state index contributed by atoms with van der Waals surface area (Å²) in [6.07, 6.45) is 29.3. The molecule has 0 bridgehead atoms. The van der Waals surface area contributed by atoms with Gasteiger partial charge in [0.05, 0.1) is 25.6 Å². The van der Waals surface area contributed by atoms with Gasteiger partial charge in [0.2, 0.25) is 0 Å². The summed E-state index contributed by atoms with van der Waals surface area (Å²) in [5, 5.41) is 0. The Labute approximate surface area is 227 Å². The van der Waals surface area contributed by atoms with Crippen molar-refractivity contribution in [2.45, 2.75) is 129 Å². The average molecular weight is 509 g/mol. The zero-order valence-corrected chi connectivity index (χ0v) is 23.6. The van der Waals surface area contributed by atoms with Crippen molar-refractivity contribution in [2.75, 3.05) is 13.2 Å². The van der Waals surface area contributed by atoms with Gasteiger partial charge in [-0.15, -0.1) is 0 Å². The van der Waals surface area contributed by atoms with Crippen LogP contribution in [0.25, 0.3) is 11.4 Å². The predicted molar refractivity (Wildman–Crippen MR) is 155 cm³/mol. The molecule has 1 heterocycles. The Bertz CT molecular complexity index is 802. The van der Waals surface area contributed by atoms with Crippen LogP contribution in [0.2, 0.25) is 0 Å². The van der Waals surface area contributed by atoms with E-state index in [1.165, 1.54) is 109 Å². The van der Waals surface area contributed by atoms with Crippen LogP contribution in [0.5, 0.6) is 11.5 Å². The summed E-state index contributed by atoms with van der Waals surface area (Å²) in [6.45, 7) is 3.81. The maximum Gasteiger partial charge on any atom is 0.159 e. The minimum Gasteiger partial charge on any atom is -0.494 e. The number of rotatable bonds is 23. The molecular weight excluding hydrogens is 456 g/mol. The number of hydrogen-bond acceptors (Lipinski definition) is 4. The summed E-state index contributed by atoms with van der Waals surface area (Å²) < 4.78 is 11.8. The van der Waals surface area contributed by atoms with Crippen LogP contribution in [0.4, 0.5) is 0 Å². The second-order valence-electron chi connectivity index (χ2n) is 11.0. The molecule has 1 aliphatic rings. The largest absolute Gasteiger partial charge is 0.494 e. The van der Waals surface area contributed by atoms with E-state index in [1.807, 2.05) is 24.3 Å². The predicted octanol–water partition coefficient (Wildman–Crippen LogP) is 9.96. The number of nitrogens with zero attached hydrogens (tertiary/aromatic N) is 2. The van der Waals surface area contributed by atoms with Gasteiger partial charge in [-0.1, -0.05) is 116 Å². The highest BCUT2D eigenvalue weighted by Crippen LogP contribution is 2.34. The number of unbranched alkanes of at least 4 members (excludes halogenated alkanes) is 14. The van der Waals surface area contributed by atoms with Crippen molar-refractivity contribution in [3.63, 3.8) is 0 Å². The second kappa shape index (κ2) is 19.0. The normalized spacial score (nSPS) is 13.1. The number of hydrogen-bond donors (Lipinski definition) is 0. The van der Waals surface area contributed by atoms with Crippen molar-refractivity contribution < 1.29 is 9.47 Å². The highest BCUT2D eigenvalue weighted by molar-refractivity contribution is 5.56. The molecule has 0 amide bonds. The summed E-state index contributed by atoms with van der Waals surface area (Å²) in [5.41, 5.74) is 1.000. The maximum atomic E-state index is 5.93. The molecule has 1 aliphatic carbocycles. The first-order valence-corrected chi connectivity index (χ1v) is 15.5. The van der Waals surface area contributed by atoms with E-state index in [0.29, 0.717) is 0 Å². The number of benzene rings is 1. The minimum absolute atomic E-state index is 0.722. The Balaban J connectivity index is 1.19. The monoisotopic (exact) mass is 508 g/mol. The Morgan fingerprint density at radius 2 is 1.08 bits per heavy atom. The van der Waals surface area contributed by atoms with Crippen LogP contribution in [-0.4, -0.2) is 23.2 Å². The van der Waals surface area contributed by atoms with E-state index in [9.17, 15) is 0 Å². The first-order valence-electron chi connectivity index (χ1n) is 15.5. The zero-order valence-electron chi connectivity index (χ0n) is 23.6. The van der Waals surface area contributed by atoms with Crippen molar-refractivity contribution >= 4 is 0 Å². The Hall–Kier alpha value is -2.10. The summed E-state index contributed by atoms with van der Waals surface area (Å²) in [7, 11) is 0. The summed E-state index contributed by atoms with van der Waals surface area (Å²) in [4.78, 5) is 9.00. The molecule has 1 fully saturated rings. The average Bonchev–Trinajstić information content (AvgIpc) is 3.76. The number of ether oxygens (including phenoxy) is 2. The van der Waals surface area contributed by atoms with Gasteiger partial charge in [0.25, 0.3) is 0 Å². The van der Waals surface area contributed by atoms with Gasteiger partial charge < -0.3 is 9.47 Å². The van der Waals surface area contributed by atoms with Gasteiger partial charge in [0, 0.05) is 5.56 Å². The van der Waals surface area contributed by atoms with Gasteiger partial charge in [0.1, 0.15) is 5.75 Å². The molecule has 0 unspecified atom stereocenters. The molecule has 0 saturated heterocycles. The SMILES string of the molecule is CCCCCCCCCCCCOc1ccc(-c2ncc(OCCCCCCCCC3CC3)cn2)cc1. The van der Waals surface area contributed by atoms with Crippen LogP contribution < -0.4 is 9.47 Å². The molecule has 0 N–H and O–H groups in total. The molecule has 1 aromatic carbocycles. The Morgan fingerprint density at radius 3 is 1.62 bits per heavy atom. The first-order chi connectivity index (χ1) is 18.3. The third-order valence-corrected chi connectivity index (χ3v) is 7.48. The summed E-state index contributed by atoms with van der Waals surface area (Å²) >= 11 is 0. The molecule has 1 saturated carbocycles. The third kappa shape index (κ3) is 13.9. The summed E-state index contributed by atoms with van der Waals surface area (Å²) in [6, 6.07) is 8.11. The van der Waals surface area contributed by atoms with Crippen molar-refractivity contribution in [2.24, 2.45) is 5.92 Å². The fraction of sp³-hybridized carbons (Fsp3) is 0.697. The summed E-state index contributed by atoms with van der Waals surface area (Å²) in [5.74, 6) is 3.48. The van der Waals surface area contributed by atoms with Gasteiger partial charge in [-0.2, -0.15) is 0 Å². The van der Waals surface area contributed by atoms with E-state index in [1.54, 1.807) is 12.4 Å². The molecule has 4 heteroatoms. The molecule has 37 heavy (non-hydrogen) atoms. The first kappa shape index (κ1) is 29.5. The van der Waals surface area contributed by atoms with E-state index in [4.69, 9.17) is 9.47 Å². The van der Waals surface area contributed by atoms with E-state index in [2.05, 4.69) is 16.9 Å². The molecule has 1 aromatic heterocycles. The van der Waals surface area contributed by atoms with Crippen LogP contribution in [0.3, 0.4) is 0 Å². The van der Waals surface area contributed by atoms with Crippen molar-refractivity contribution in [3.8, 4) is 22.9 Å². The van der Waals surface area contributed by atoms with Crippen molar-refractivity contribution in [1.82, 2.24) is 9.97 Å². The maximum absolute atomic E-state index is 5.93. The van der Waals surface area contributed by atoms with Crippen LogP contribution in [0, 0.1) is 5.92 Å². The van der Waals surface area contributed by atoms with Crippen LogP contribution in [0.15, 0.2) is 36.7 Å². The lowest BCUT2D eigenvalue weighted by Crippen LogP contribution is -1.99. The second-order valence-corrected chi connectivity index (χ2v) is 11.0. The highest BCUT2D eigenvalue weighted by atomic mass is 16.5. The van der Waals surface area contributed by atoms with Crippen LogP contribution >= 0.6 is 0 Å². The molecule has 0 spiro atoms. The van der Waals surface area contributed by atoms with E-state index in [0.717, 1.165) is 54.9 Å². The lowest BCUT2D eigenvalue weighted by atomic mass is 10.1. The van der Waals surface area contributed by atoms with Crippen LogP contribution in [-0.2, 0) is 0 Å². The van der Waals surface area contributed by atoms with E-state index in [-0.39, 0.29) is 0 Å². The fourth-order valence-electron chi connectivity index (χ4n) is 4.86. The Morgan fingerprint density at radius 1 is 0.595 bits per heavy atom. The molecule has 206 valence electrons. The molecule has 3 rings (SSSR count). The number of aromatic nitrogens is 2. The molecular formula is C33H52N2O2. The molecule has 0 radical (unpaired) electrons. The third-order valence-electron chi connectivity index (χ3n) is 7.48. The highest BCUT2D eigenvalue weighted by Gasteiger charge is 2.19. The topological polar surface area (TPSA) is 44.2 Å². The van der Waals surface area contributed by atoms with Gasteiger partial charge in [-0.3, -0.25) is 0 Å². The van der Waals surface area contributed by atoms with Gasteiger partial charge in [0.15, 0.2) is 11.6 Å². The fourth-order valence-corrected chi connectivity index (χ4v) is 4.86. The van der Waals surface area contributed by atoms with Crippen molar-refractivity contribution in [1.29, 1.82) is 0 Å². The molecule has 2 aromatic rings. The van der Waals surface area contributed by atoms with Crippen LogP contribution in [0.1, 0.15) is 129 Å². The Kier molecular flexibility index (Phi) is 15.2. The standard InChI is InChI=1S/C33H52N2O2/c1-2-3-4-5-6-7-8-10-13-16-25-36-31-23-21-30(22-24-31)33-34-27-32(28-35-33)37-26-17-14-11-9-12-15-18-29-19-20-29/h21-24,27-29H,2-20,25-26H2,1H3. The van der Waals surface area contributed by atoms with Gasteiger partial charge >= 0.3 is 0 Å².